The zero-order valence-electron chi connectivity index (χ0n) is 8.42. The minimum absolute atomic E-state index is 0.724. The fraction of sp³-hybridized carbons (Fsp3) is 0. The Bertz CT molecular complexity index is 604. The number of pyridine rings is 1. The van der Waals surface area contributed by atoms with E-state index < -0.39 is 0 Å². The van der Waals surface area contributed by atoms with E-state index in [0.717, 1.165) is 22.5 Å². The third kappa shape index (κ3) is 1.50. The van der Waals surface area contributed by atoms with Gasteiger partial charge in [0.2, 0.25) is 0 Å². The number of nitrogens with one attached hydrogen (secondary N) is 1. The number of aromatic nitrogens is 2. The summed E-state index contributed by atoms with van der Waals surface area (Å²) in [7, 11) is 0. The van der Waals surface area contributed by atoms with Gasteiger partial charge in [-0.15, -0.1) is 0 Å². The molecule has 3 aromatic rings. The number of fused-ring (bicyclic) bond motifs is 1. The fourth-order valence-corrected chi connectivity index (χ4v) is 1.55. The summed E-state index contributed by atoms with van der Waals surface area (Å²) in [4.78, 5) is 3.95. The average molecular weight is 211 g/mol. The molecule has 0 unspecified atom stereocenters. The van der Waals surface area contributed by atoms with Gasteiger partial charge in [0, 0.05) is 18.1 Å². The lowest BCUT2D eigenvalue weighted by Crippen LogP contribution is -1.90. The molecule has 3 rings (SSSR count). The molecule has 2 heterocycles. The largest absolute Gasteiger partial charge is 0.354 e. The van der Waals surface area contributed by atoms with E-state index in [2.05, 4.69) is 15.5 Å². The molecule has 0 aliphatic rings. The molecule has 4 nitrogen and oxygen atoms in total. The van der Waals surface area contributed by atoms with Crippen molar-refractivity contribution >= 4 is 22.5 Å². The first-order valence-corrected chi connectivity index (χ1v) is 4.95. The van der Waals surface area contributed by atoms with Crippen molar-refractivity contribution in [1.29, 1.82) is 0 Å². The number of anilines is 2. The van der Waals surface area contributed by atoms with E-state index in [4.69, 9.17) is 4.52 Å². The van der Waals surface area contributed by atoms with Crippen LogP contribution in [0, 0.1) is 0 Å². The van der Waals surface area contributed by atoms with Gasteiger partial charge in [-0.25, -0.2) is 0 Å². The molecule has 0 bridgehead atoms. The van der Waals surface area contributed by atoms with Gasteiger partial charge in [-0.2, -0.15) is 0 Å². The molecule has 1 aromatic carbocycles. The summed E-state index contributed by atoms with van der Waals surface area (Å²) < 4.78 is 5.19. The lowest BCUT2D eigenvalue weighted by atomic mass is 10.2. The minimum atomic E-state index is 0.724. The van der Waals surface area contributed by atoms with Crippen molar-refractivity contribution in [3.05, 3.63) is 48.8 Å². The lowest BCUT2D eigenvalue weighted by molar-refractivity contribution is 0.460. The highest BCUT2D eigenvalue weighted by Gasteiger charge is 2.06. The van der Waals surface area contributed by atoms with Crippen molar-refractivity contribution in [2.24, 2.45) is 0 Å². The normalized spacial score (nSPS) is 10.5. The van der Waals surface area contributed by atoms with Crippen LogP contribution in [0.4, 0.5) is 11.5 Å². The van der Waals surface area contributed by atoms with E-state index in [1.807, 2.05) is 36.4 Å². The first kappa shape index (κ1) is 8.91. The van der Waals surface area contributed by atoms with Gasteiger partial charge in [0.1, 0.15) is 0 Å². The standard InChI is InChI=1S/C12H9N3O/c1-2-4-11-10(3-1)12(15-16-11)14-9-5-7-13-8-6-9/h1-8H,(H,13,14,15). The molecule has 0 fully saturated rings. The zero-order chi connectivity index (χ0) is 10.8. The van der Waals surface area contributed by atoms with Crippen LogP contribution < -0.4 is 5.32 Å². The van der Waals surface area contributed by atoms with E-state index in [0.29, 0.717) is 0 Å². The van der Waals surface area contributed by atoms with Gasteiger partial charge < -0.3 is 9.84 Å². The van der Waals surface area contributed by atoms with Gasteiger partial charge in [-0.3, -0.25) is 4.98 Å². The van der Waals surface area contributed by atoms with Crippen molar-refractivity contribution in [2.45, 2.75) is 0 Å². The Kier molecular flexibility index (Phi) is 2.04. The second kappa shape index (κ2) is 3.66. The van der Waals surface area contributed by atoms with Crippen molar-refractivity contribution in [3.63, 3.8) is 0 Å². The van der Waals surface area contributed by atoms with E-state index in [9.17, 15) is 0 Å². The molecular formula is C12H9N3O. The summed E-state index contributed by atoms with van der Waals surface area (Å²) in [5, 5.41) is 8.14. The number of hydrogen-bond acceptors (Lipinski definition) is 4. The Balaban J connectivity index is 2.01. The highest BCUT2D eigenvalue weighted by molar-refractivity contribution is 5.89. The maximum atomic E-state index is 5.19. The maximum Gasteiger partial charge on any atom is 0.181 e. The second-order valence-corrected chi connectivity index (χ2v) is 3.39. The molecule has 2 aromatic heterocycles. The molecule has 0 amide bonds. The predicted molar refractivity (Wildman–Crippen MR) is 61.5 cm³/mol. The Morgan fingerprint density at radius 3 is 2.69 bits per heavy atom. The zero-order valence-corrected chi connectivity index (χ0v) is 8.42. The summed E-state index contributed by atoms with van der Waals surface area (Å²) in [6.07, 6.45) is 3.45. The Morgan fingerprint density at radius 2 is 1.81 bits per heavy atom. The van der Waals surface area contributed by atoms with Crippen LogP contribution in [0.15, 0.2) is 53.3 Å². The highest BCUT2D eigenvalue weighted by Crippen LogP contribution is 2.24. The third-order valence-corrected chi connectivity index (χ3v) is 2.32. The SMILES string of the molecule is c1ccc2c(Nc3ccncc3)noc2c1. The Hall–Kier alpha value is -2.36. The quantitative estimate of drug-likeness (QED) is 0.708. The third-order valence-electron chi connectivity index (χ3n) is 2.32. The van der Waals surface area contributed by atoms with Crippen molar-refractivity contribution < 1.29 is 4.52 Å². The Labute approximate surface area is 91.9 Å². The van der Waals surface area contributed by atoms with Gasteiger partial charge >= 0.3 is 0 Å². The van der Waals surface area contributed by atoms with Crippen LogP contribution in [0.25, 0.3) is 11.0 Å². The number of nitrogens with zero attached hydrogens (tertiary/aromatic N) is 2. The molecule has 0 saturated heterocycles. The van der Waals surface area contributed by atoms with Gasteiger partial charge in [0.25, 0.3) is 0 Å². The number of rotatable bonds is 2. The van der Waals surface area contributed by atoms with Gasteiger partial charge in [-0.05, 0) is 24.3 Å². The maximum absolute atomic E-state index is 5.19. The lowest BCUT2D eigenvalue weighted by Gasteiger charge is -2.00. The smallest absolute Gasteiger partial charge is 0.181 e. The molecule has 0 spiro atoms. The Morgan fingerprint density at radius 1 is 1.00 bits per heavy atom. The minimum Gasteiger partial charge on any atom is -0.354 e. The number of hydrogen-bond donors (Lipinski definition) is 1. The molecule has 0 atom stereocenters. The van der Waals surface area contributed by atoms with Crippen LogP contribution in [0.3, 0.4) is 0 Å². The number of benzene rings is 1. The van der Waals surface area contributed by atoms with Crippen LogP contribution in [0.5, 0.6) is 0 Å². The molecule has 78 valence electrons. The summed E-state index contributed by atoms with van der Waals surface area (Å²) in [6, 6.07) is 11.5. The number of para-hydroxylation sites is 1. The summed E-state index contributed by atoms with van der Waals surface area (Å²) in [5.41, 5.74) is 1.72. The summed E-state index contributed by atoms with van der Waals surface area (Å²) in [5.74, 6) is 0.724. The fourth-order valence-electron chi connectivity index (χ4n) is 1.55. The summed E-state index contributed by atoms with van der Waals surface area (Å²) in [6.45, 7) is 0. The van der Waals surface area contributed by atoms with Crippen LogP contribution in [-0.2, 0) is 0 Å². The van der Waals surface area contributed by atoms with Crippen molar-refractivity contribution in [2.75, 3.05) is 5.32 Å². The van der Waals surface area contributed by atoms with Gasteiger partial charge in [0.15, 0.2) is 11.4 Å². The highest BCUT2D eigenvalue weighted by atomic mass is 16.5. The van der Waals surface area contributed by atoms with Crippen LogP contribution >= 0.6 is 0 Å². The molecule has 4 heteroatoms. The van der Waals surface area contributed by atoms with E-state index in [1.165, 1.54) is 0 Å². The first-order chi connectivity index (χ1) is 7.93. The molecule has 0 saturated carbocycles. The van der Waals surface area contributed by atoms with Crippen molar-refractivity contribution in [3.8, 4) is 0 Å². The van der Waals surface area contributed by atoms with E-state index in [1.54, 1.807) is 12.4 Å². The average Bonchev–Trinajstić information content (AvgIpc) is 2.74. The van der Waals surface area contributed by atoms with Crippen LogP contribution in [0.1, 0.15) is 0 Å². The summed E-state index contributed by atoms with van der Waals surface area (Å²) >= 11 is 0. The van der Waals surface area contributed by atoms with Crippen LogP contribution in [-0.4, -0.2) is 10.1 Å². The van der Waals surface area contributed by atoms with Crippen LogP contribution in [0.2, 0.25) is 0 Å². The molecule has 16 heavy (non-hydrogen) atoms. The molecular weight excluding hydrogens is 202 g/mol. The topological polar surface area (TPSA) is 51.0 Å². The molecule has 1 N–H and O–H groups in total. The van der Waals surface area contributed by atoms with Crippen molar-refractivity contribution in [1.82, 2.24) is 10.1 Å². The van der Waals surface area contributed by atoms with E-state index in [-0.39, 0.29) is 0 Å². The molecule has 0 radical (unpaired) electrons. The second-order valence-electron chi connectivity index (χ2n) is 3.39. The monoisotopic (exact) mass is 211 g/mol. The first-order valence-electron chi connectivity index (χ1n) is 4.95. The van der Waals surface area contributed by atoms with Gasteiger partial charge in [0.05, 0.1) is 5.39 Å². The molecule has 0 aliphatic heterocycles. The molecule has 0 aliphatic carbocycles. The van der Waals surface area contributed by atoms with E-state index >= 15 is 0 Å². The predicted octanol–water partition coefficient (Wildman–Crippen LogP) is 2.97. The van der Waals surface area contributed by atoms with Gasteiger partial charge in [-0.1, -0.05) is 17.3 Å².